The fraction of sp³-hybridized carbons (Fsp3) is 0.500. The maximum absolute atomic E-state index is 12.0. The SMILES string of the molecule is Cc1cccn2c(C3(NC(=O)OC(C)(C)C)CC3)ncc12. The number of ether oxygens (including phenoxy) is 1. The molecule has 21 heavy (non-hydrogen) atoms. The standard InChI is InChI=1S/C16H21N3O2/c1-11-6-5-9-19-12(11)10-17-13(19)16(7-8-16)18-14(20)21-15(2,3)4/h5-6,9-10H,7-8H2,1-4H3,(H,18,20). The summed E-state index contributed by atoms with van der Waals surface area (Å²) in [5.74, 6) is 0.882. The number of nitrogens with one attached hydrogen (secondary N) is 1. The molecular weight excluding hydrogens is 266 g/mol. The van der Waals surface area contributed by atoms with Crippen LogP contribution in [-0.4, -0.2) is 21.1 Å². The van der Waals surface area contributed by atoms with E-state index in [0.717, 1.165) is 24.2 Å². The number of alkyl carbamates (subject to hydrolysis) is 1. The number of aromatic nitrogens is 2. The van der Waals surface area contributed by atoms with Crippen molar-refractivity contribution in [3.63, 3.8) is 0 Å². The lowest BCUT2D eigenvalue weighted by atomic mass is 10.2. The first kappa shape index (κ1) is 13.9. The van der Waals surface area contributed by atoms with Crippen LogP contribution in [0.1, 0.15) is 45.0 Å². The van der Waals surface area contributed by atoms with Crippen LogP contribution in [0.4, 0.5) is 4.79 Å². The molecule has 1 aliphatic carbocycles. The number of hydrogen-bond acceptors (Lipinski definition) is 3. The summed E-state index contributed by atoms with van der Waals surface area (Å²) < 4.78 is 7.42. The smallest absolute Gasteiger partial charge is 0.408 e. The van der Waals surface area contributed by atoms with Crippen molar-refractivity contribution in [3.05, 3.63) is 35.9 Å². The zero-order chi connectivity index (χ0) is 15.3. The third kappa shape index (κ3) is 2.60. The van der Waals surface area contributed by atoms with Crippen molar-refractivity contribution < 1.29 is 9.53 Å². The largest absolute Gasteiger partial charge is 0.444 e. The molecular formula is C16H21N3O2. The average Bonchev–Trinajstić information content (AvgIpc) is 2.97. The second-order valence-electron chi connectivity index (χ2n) is 6.74. The number of hydrogen-bond donors (Lipinski definition) is 1. The Bertz CT molecular complexity index is 693. The predicted molar refractivity (Wildman–Crippen MR) is 80.2 cm³/mol. The summed E-state index contributed by atoms with van der Waals surface area (Å²) in [7, 11) is 0. The Morgan fingerprint density at radius 1 is 1.43 bits per heavy atom. The molecule has 0 unspecified atom stereocenters. The molecule has 2 aromatic rings. The van der Waals surface area contributed by atoms with Gasteiger partial charge in [-0.1, -0.05) is 6.07 Å². The molecule has 2 aromatic heterocycles. The highest BCUT2D eigenvalue weighted by atomic mass is 16.6. The number of carbonyl (C=O) groups is 1. The van der Waals surface area contributed by atoms with E-state index in [2.05, 4.69) is 27.7 Å². The number of amides is 1. The first-order chi connectivity index (χ1) is 9.81. The normalized spacial score (nSPS) is 16.8. The summed E-state index contributed by atoms with van der Waals surface area (Å²) >= 11 is 0. The molecule has 0 saturated heterocycles. The van der Waals surface area contributed by atoms with E-state index in [1.54, 1.807) is 0 Å². The van der Waals surface area contributed by atoms with Crippen molar-refractivity contribution in [2.24, 2.45) is 0 Å². The number of nitrogens with zero attached hydrogens (tertiary/aromatic N) is 2. The van der Waals surface area contributed by atoms with E-state index in [1.165, 1.54) is 5.56 Å². The molecule has 0 aliphatic heterocycles. The quantitative estimate of drug-likeness (QED) is 0.923. The minimum absolute atomic E-state index is 0.385. The molecule has 0 bridgehead atoms. The van der Waals surface area contributed by atoms with Crippen molar-refractivity contribution in [1.82, 2.24) is 14.7 Å². The van der Waals surface area contributed by atoms with Crippen LogP contribution in [-0.2, 0) is 10.3 Å². The van der Waals surface area contributed by atoms with Crippen LogP contribution in [0.2, 0.25) is 0 Å². The summed E-state index contributed by atoms with van der Waals surface area (Å²) in [6.45, 7) is 7.64. The van der Waals surface area contributed by atoms with Gasteiger partial charge in [0.05, 0.1) is 11.7 Å². The molecule has 0 spiro atoms. The van der Waals surface area contributed by atoms with Crippen LogP contribution in [0.5, 0.6) is 0 Å². The molecule has 2 heterocycles. The van der Waals surface area contributed by atoms with Gasteiger partial charge in [-0.25, -0.2) is 9.78 Å². The van der Waals surface area contributed by atoms with Gasteiger partial charge in [0, 0.05) is 6.20 Å². The van der Waals surface area contributed by atoms with Gasteiger partial charge in [0.2, 0.25) is 0 Å². The third-order valence-corrected chi connectivity index (χ3v) is 3.70. The van der Waals surface area contributed by atoms with Crippen LogP contribution >= 0.6 is 0 Å². The maximum Gasteiger partial charge on any atom is 0.408 e. The number of carbonyl (C=O) groups excluding carboxylic acids is 1. The number of rotatable bonds is 2. The van der Waals surface area contributed by atoms with Crippen molar-refractivity contribution in [2.45, 2.75) is 51.7 Å². The van der Waals surface area contributed by atoms with Gasteiger partial charge in [-0.05, 0) is 52.2 Å². The van der Waals surface area contributed by atoms with E-state index < -0.39 is 5.60 Å². The van der Waals surface area contributed by atoms with Crippen LogP contribution in [0.15, 0.2) is 24.5 Å². The first-order valence-corrected chi connectivity index (χ1v) is 7.25. The van der Waals surface area contributed by atoms with E-state index in [9.17, 15) is 4.79 Å². The van der Waals surface area contributed by atoms with Crippen molar-refractivity contribution >= 4 is 11.6 Å². The molecule has 1 aliphatic rings. The Morgan fingerprint density at radius 2 is 2.14 bits per heavy atom. The van der Waals surface area contributed by atoms with Gasteiger partial charge in [-0.3, -0.25) is 0 Å². The Hall–Kier alpha value is -2.04. The lowest BCUT2D eigenvalue weighted by Gasteiger charge is -2.23. The van der Waals surface area contributed by atoms with Crippen molar-refractivity contribution in [1.29, 1.82) is 0 Å². The second kappa shape index (κ2) is 4.48. The summed E-state index contributed by atoms with van der Waals surface area (Å²) in [6, 6.07) is 4.05. The molecule has 0 aromatic carbocycles. The summed E-state index contributed by atoms with van der Waals surface area (Å²) in [6.07, 6.45) is 5.24. The molecule has 5 nitrogen and oxygen atoms in total. The lowest BCUT2D eigenvalue weighted by Crippen LogP contribution is -2.40. The maximum atomic E-state index is 12.0. The molecule has 1 saturated carbocycles. The molecule has 1 N–H and O–H groups in total. The molecule has 1 amide bonds. The van der Waals surface area contributed by atoms with Gasteiger partial charge in [-0.15, -0.1) is 0 Å². The molecule has 0 atom stereocenters. The average molecular weight is 287 g/mol. The number of pyridine rings is 1. The monoisotopic (exact) mass is 287 g/mol. The first-order valence-electron chi connectivity index (χ1n) is 7.25. The van der Waals surface area contributed by atoms with E-state index in [-0.39, 0.29) is 11.6 Å². The van der Waals surface area contributed by atoms with Crippen LogP contribution in [0.3, 0.4) is 0 Å². The van der Waals surface area contributed by atoms with Crippen LogP contribution in [0, 0.1) is 6.92 Å². The number of aryl methyl sites for hydroxylation is 1. The van der Waals surface area contributed by atoms with Gasteiger partial charge in [0.25, 0.3) is 0 Å². The number of imidazole rings is 1. The fourth-order valence-corrected chi connectivity index (χ4v) is 2.54. The van der Waals surface area contributed by atoms with Gasteiger partial charge >= 0.3 is 6.09 Å². The highest BCUT2D eigenvalue weighted by molar-refractivity contribution is 5.70. The van der Waals surface area contributed by atoms with Gasteiger partial charge < -0.3 is 14.5 Å². The fourth-order valence-electron chi connectivity index (χ4n) is 2.54. The van der Waals surface area contributed by atoms with Crippen LogP contribution < -0.4 is 5.32 Å². The topological polar surface area (TPSA) is 55.6 Å². The van der Waals surface area contributed by atoms with E-state index >= 15 is 0 Å². The Kier molecular flexibility index (Phi) is 2.97. The molecule has 3 rings (SSSR count). The molecule has 112 valence electrons. The predicted octanol–water partition coefficient (Wildman–Crippen LogP) is 3.16. The summed E-state index contributed by atoms with van der Waals surface area (Å²) in [4.78, 5) is 16.6. The van der Waals surface area contributed by atoms with E-state index in [4.69, 9.17) is 4.74 Å². The highest BCUT2D eigenvalue weighted by Crippen LogP contribution is 2.45. The molecule has 0 radical (unpaired) electrons. The molecule has 1 fully saturated rings. The summed E-state index contributed by atoms with van der Waals surface area (Å²) in [5, 5.41) is 2.99. The Balaban J connectivity index is 1.88. The minimum atomic E-state index is -0.495. The van der Waals surface area contributed by atoms with Crippen molar-refractivity contribution in [2.75, 3.05) is 0 Å². The zero-order valence-corrected chi connectivity index (χ0v) is 12.9. The van der Waals surface area contributed by atoms with Crippen molar-refractivity contribution in [3.8, 4) is 0 Å². The van der Waals surface area contributed by atoms with Crippen LogP contribution in [0.25, 0.3) is 5.52 Å². The zero-order valence-electron chi connectivity index (χ0n) is 12.9. The van der Waals surface area contributed by atoms with Gasteiger partial charge in [0.15, 0.2) is 0 Å². The van der Waals surface area contributed by atoms with E-state index in [0.29, 0.717) is 0 Å². The Morgan fingerprint density at radius 3 is 2.76 bits per heavy atom. The van der Waals surface area contributed by atoms with E-state index in [1.807, 2.05) is 39.2 Å². The Labute approximate surface area is 124 Å². The third-order valence-electron chi connectivity index (χ3n) is 3.70. The lowest BCUT2D eigenvalue weighted by molar-refractivity contribution is 0.0492. The van der Waals surface area contributed by atoms with Gasteiger partial charge in [0.1, 0.15) is 17.0 Å². The second-order valence-corrected chi connectivity index (χ2v) is 6.74. The summed E-state index contributed by atoms with van der Waals surface area (Å²) in [5.41, 5.74) is 1.36. The molecule has 5 heteroatoms. The van der Waals surface area contributed by atoms with Gasteiger partial charge in [-0.2, -0.15) is 0 Å². The minimum Gasteiger partial charge on any atom is -0.444 e. The number of fused-ring (bicyclic) bond motifs is 1. The highest BCUT2D eigenvalue weighted by Gasteiger charge is 2.49.